The topological polar surface area (TPSA) is 42.2 Å². The van der Waals surface area contributed by atoms with Crippen LogP contribution in [0.2, 0.25) is 0 Å². The Hall–Kier alpha value is -1.39. The summed E-state index contributed by atoms with van der Waals surface area (Å²) >= 11 is 1.73. The molecule has 0 saturated carbocycles. The fraction of sp³-hybridized carbons (Fsp3) is 0.357. The normalized spacial score (nSPS) is 17.4. The number of nitrogen functional groups attached to an aromatic ring is 1. The summed E-state index contributed by atoms with van der Waals surface area (Å²) in [5.74, 6) is 0. The van der Waals surface area contributed by atoms with Crippen LogP contribution in [0.3, 0.4) is 0 Å². The number of hydrogen-bond donors (Lipinski definition) is 1. The molecule has 1 aromatic heterocycles. The molecule has 2 aromatic rings. The largest absolute Gasteiger partial charge is 0.398 e. The lowest BCUT2D eigenvalue weighted by atomic mass is 9.97. The SMILES string of the molecule is CC(c1nccs1)N1CCc2cccc(N)c2C1. The smallest absolute Gasteiger partial charge is 0.109 e. The van der Waals surface area contributed by atoms with E-state index in [4.69, 9.17) is 5.73 Å². The molecule has 3 rings (SSSR count). The van der Waals surface area contributed by atoms with Gasteiger partial charge in [0.05, 0.1) is 6.04 Å². The van der Waals surface area contributed by atoms with Gasteiger partial charge in [-0.3, -0.25) is 4.90 Å². The van der Waals surface area contributed by atoms with Crippen LogP contribution in [0.4, 0.5) is 5.69 Å². The third kappa shape index (κ3) is 2.02. The minimum atomic E-state index is 0.373. The molecule has 3 nitrogen and oxygen atoms in total. The van der Waals surface area contributed by atoms with Crippen molar-refractivity contribution in [3.63, 3.8) is 0 Å². The zero-order valence-corrected chi connectivity index (χ0v) is 11.3. The van der Waals surface area contributed by atoms with Gasteiger partial charge in [-0.1, -0.05) is 12.1 Å². The van der Waals surface area contributed by atoms with Crippen LogP contribution in [0, 0.1) is 0 Å². The minimum Gasteiger partial charge on any atom is -0.398 e. The van der Waals surface area contributed by atoms with Crippen molar-refractivity contribution < 1.29 is 0 Å². The van der Waals surface area contributed by atoms with Crippen molar-refractivity contribution in [3.8, 4) is 0 Å². The molecule has 0 aliphatic carbocycles. The molecule has 4 heteroatoms. The Morgan fingerprint density at radius 1 is 1.44 bits per heavy atom. The first-order valence-corrected chi connectivity index (χ1v) is 7.13. The monoisotopic (exact) mass is 259 g/mol. The third-order valence-electron chi connectivity index (χ3n) is 3.70. The van der Waals surface area contributed by atoms with Crippen LogP contribution >= 0.6 is 11.3 Å². The van der Waals surface area contributed by atoms with Crippen molar-refractivity contribution in [3.05, 3.63) is 45.9 Å². The molecule has 94 valence electrons. The zero-order chi connectivity index (χ0) is 12.5. The fourth-order valence-electron chi connectivity index (χ4n) is 2.56. The Labute approximate surface area is 111 Å². The van der Waals surface area contributed by atoms with E-state index in [1.807, 2.05) is 23.7 Å². The second kappa shape index (κ2) is 4.71. The van der Waals surface area contributed by atoms with E-state index in [-0.39, 0.29) is 0 Å². The molecule has 1 aliphatic rings. The van der Waals surface area contributed by atoms with Crippen LogP contribution in [-0.4, -0.2) is 16.4 Å². The summed E-state index contributed by atoms with van der Waals surface area (Å²) in [4.78, 5) is 6.87. The van der Waals surface area contributed by atoms with Gasteiger partial charge >= 0.3 is 0 Å². The first kappa shape index (κ1) is 11.7. The third-order valence-corrected chi connectivity index (χ3v) is 4.64. The van der Waals surface area contributed by atoms with Crippen molar-refractivity contribution in [1.29, 1.82) is 0 Å². The number of nitrogens with zero attached hydrogens (tertiary/aromatic N) is 2. The lowest BCUT2D eigenvalue weighted by Crippen LogP contribution is -2.33. The number of thiazole rings is 1. The lowest BCUT2D eigenvalue weighted by molar-refractivity contribution is 0.192. The summed E-state index contributed by atoms with van der Waals surface area (Å²) in [5, 5.41) is 3.23. The molecule has 0 spiro atoms. The van der Waals surface area contributed by atoms with Gasteiger partial charge in [-0.25, -0.2) is 4.98 Å². The van der Waals surface area contributed by atoms with E-state index in [1.165, 1.54) is 16.1 Å². The number of anilines is 1. The van der Waals surface area contributed by atoms with Crippen LogP contribution in [0.15, 0.2) is 29.8 Å². The number of aromatic nitrogens is 1. The average molecular weight is 259 g/mol. The molecule has 0 radical (unpaired) electrons. The van der Waals surface area contributed by atoms with Crippen LogP contribution in [0.1, 0.15) is 29.1 Å². The summed E-state index contributed by atoms with van der Waals surface area (Å²) in [6.07, 6.45) is 2.96. The molecular weight excluding hydrogens is 242 g/mol. The van der Waals surface area contributed by atoms with Crippen LogP contribution in [-0.2, 0) is 13.0 Å². The Bertz CT molecular complexity index is 536. The van der Waals surface area contributed by atoms with Gasteiger partial charge in [0.1, 0.15) is 5.01 Å². The number of hydrogen-bond acceptors (Lipinski definition) is 4. The van der Waals surface area contributed by atoms with E-state index in [0.29, 0.717) is 6.04 Å². The van der Waals surface area contributed by atoms with E-state index in [2.05, 4.69) is 22.9 Å². The van der Waals surface area contributed by atoms with Crippen molar-refractivity contribution in [1.82, 2.24) is 9.88 Å². The molecule has 2 heterocycles. The summed E-state index contributed by atoms with van der Waals surface area (Å²) < 4.78 is 0. The van der Waals surface area contributed by atoms with E-state index in [9.17, 15) is 0 Å². The molecule has 0 fully saturated rings. The van der Waals surface area contributed by atoms with E-state index < -0.39 is 0 Å². The van der Waals surface area contributed by atoms with Gasteiger partial charge in [-0.2, -0.15) is 0 Å². The molecular formula is C14H17N3S. The number of nitrogens with two attached hydrogens (primary N) is 1. The minimum absolute atomic E-state index is 0.373. The molecule has 18 heavy (non-hydrogen) atoms. The molecule has 1 aliphatic heterocycles. The van der Waals surface area contributed by atoms with Crippen LogP contribution in [0.5, 0.6) is 0 Å². The van der Waals surface area contributed by atoms with E-state index >= 15 is 0 Å². The van der Waals surface area contributed by atoms with Gasteiger partial charge in [0, 0.05) is 30.4 Å². The number of benzene rings is 1. The highest BCUT2D eigenvalue weighted by molar-refractivity contribution is 7.09. The van der Waals surface area contributed by atoms with E-state index in [0.717, 1.165) is 25.2 Å². The summed E-state index contributed by atoms with van der Waals surface area (Å²) in [7, 11) is 0. The molecule has 1 aromatic carbocycles. The van der Waals surface area contributed by atoms with Gasteiger partial charge in [-0.15, -0.1) is 11.3 Å². The van der Waals surface area contributed by atoms with Gasteiger partial charge in [0.2, 0.25) is 0 Å². The molecule has 1 unspecified atom stereocenters. The quantitative estimate of drug-likeness (QED) is 0.843. The first-order valence-electron chi connectivity index (χ1n) is 6.25. The molecule has 0 saturated heterocycles. The lowest BCUT2D eigenvalue weighted by Gasteiger charge is -2.33. The van der Waals surface area contributed by atoms with Gasteiger partial charge < -0.3 is 5.73 Å². The maximum Gasteiger partial charge on any atom is 0.109 e. The van der Waals surface area contributed by atoms with Crippen molar-refractivity contribution in [2.45, 2.75) is 25.9 Å². The maximum atomic E-state index is 6.08. The summed E-state index contributed by atoms with van der Waals surface area (Å²) in [6, 6.07) is 6.61. The number of rotatable bonds is 2. The van der Waals surface area contributed by atoms with Crippen molar-refractivity contribution in [2.75, 3.05) is 12.3 Å². The van der Waals surface area contributed by atoms with Gasteiger partial charge in [0.25, 0.3) is 0 Å². The maximum absolute atomic E-state index is 6.08. The molecule has 2 N–H and O–H groups in total. The Kier molecular flexibility index (Phi) is 3.06. The predicted molar refractivity (Wildman–Crippen MR) is 75.5 cm³/mol. The van der Waals surface area contributed by atoms with Crippen molar-refractivity contribution >= 4 is 17.0 Å². The molecule has 0 bridgehead atoms. The molecule has 0 amide bonds. The highest BCUT2D eigenvalue weighted by Gasteiger charge is 2.23. The van der Waals surface area contributed by atoms with Crippen molar-refractivity contribution in [2.24, 2.45) is 0 Å². The first-order chi connectivity index (χ1) is 8.75. The average Bonchev–Trinajstić information content (AvgIpc) is 2.92. The number of fused-ring (bicyclic) bond motifs is 1. The standard InChI is InChI=1S/C14H17N3S/c1-10(14-16-6-8-18-14)17-7-5-11-3-2-4-13(15)12(11)9-17/h2-4,6,8,10H,5,7,9,15H2,1H3. The zero-order valence-electron chi connectivity index (χ0n) is 10.5. The second-order valence-corrected chi connectivity index (χ2v) is 5.68. The van der Waals surface area contributed by atoms with Crippen LogP contribution in [0.25, 0.3) is 0 Å². The summed E-state index contributed by atoms with van der Waals surface area (Å²) in [6.45, 7) is 4.24. The van der Waals surface area contributed by atoms with Crippen LogP contribution < -0.4 is 5.73 Å². The van der Waals surface area contributed by atoms with Gasteiger partial charge in [0.15, 0.2) is 0 Å². The Balaban J connectivity index is 1.84. The van der Waals surface area contributed by atoms with E-state index in [1.54, 1.807) is 11.3 Å². The Morgan fingerprint density at radius 2 is 2.33 bits per heavy atom. The van der Waals surface area contributed by atoms with Gasteiger partial charge in [-0.05, 0) is 30.5 Å². The Morgan fingerprint density at radius 3 is 3.11 bits per heavy atom. The second-order valence-electron chi connectivity index (χ2n) is 4.75. The highest BCUT2D eigenvalue weighted by Crippen LogP contribution is 2.30. The highest BCUT2D eigenvalue weighted by atomic mass is 32.1. The summed E-state index contributed by atoms with van der Waals surface area (Å²) in [5.41, 5.74) is 9.70. The predicted octanol–water partition coefficient (Wildman–Crippen LogP) is 2.84. The fourth-order valence-corrected chi connectivity index (χ4v) is 3.28. The molecule has 1 atom stereocenters.